The fourth-order valence-electron chi connectivity index (χ4n) is 4.88. The first-order chi connectivity index (χ1) is 18.3. The first kappa shape index (κ1) is 25.4. The van der Waals surface area contributed by atoms with E-state index in [4.69, 9.17) is 9.47 Å². The maximum atomic E-state index is 13.7. The second-order valence-corrected chi connectivity index (χ2v) is 9.72. The summed E-state index contributed by atoms with van der Waals surface area (Å²) >= 11 is 0. The van der Waals surface area contributed by atoms with Crippen LogP contribution >= 0.6 is 0 Å². The third kappa shape index (κ3) is 5.25. The first-order valence-electron chi connectivity index (χ1n) is 12.5. The molecule has 1 N–H and O–H groups in total. The standard InChI is InChI=1S/C30H28F2N2O4/c1-18(2)29-28(30(36)33-15-20-8-11-24(31)25(32)12-20)23-10-9-21(38-22-14-27(35)37-17-22)13-26(23)34(29)16-19-6-4-3-5-7-19/h3-13,18,22H,14-17H2,1-2H3,(H,33,36). The molecule has 38 heavy (non-hydrogen) atoms. The minimum Gasteiger partial charge on any atom is -0.486 e. The molecule has 1 aromatic heterocycles. The van der Waals surface area contributed by atoms with Crippen LogP contribution in [0.2, 0.25) is 0 Å². The summed E-state index contributed by atoms with van der Waals surface area (Å²) in [4.78, 5) is 25.1. The molecule has 2 heterocycles. The van der Waals surface area contributed by atoms with Crippen LogP contribution in [0.4, 0.5) is 8.78 Å². The number of nitrogens with one attached hydrogen (secondary N) is 1. The van der Waals surface area contributed by atoms with Crippen LogP contribution in [0.1, 0.15) is 53.4 Å². The highest BCUT2D eigenvalue weighted by Crippen LogP contribution is 2.35. The normalized spacial score (nSPS) is 15.2. The number of rotatable bonds is 8. The fraction of sp³-hybridized carbons (Fsp3) is 0.267. The third-order valence-corrected chi connectivity index (χ3v) is 6.60. The van der Waals surface area contributed by atoms with Gasteiger partial charge >= 0.3 is 5.97 Å². The lowest BCUT2D eigenvalue weighted by molar-refractivity contribution is -0.137. The molecule has 1 amide bonds. The van der Waals surface area contributed by atoms with E-state index >= 15 is 0 Å². The predicted molar refractivity (Wildman–Crippen MR) is 139 cm³/mol. The lowest BCUT2D eigenvalue weighted by atomic mass is 10.0. The van der Waals surface area contributed by atoms with E-state index in [2.05, 4.69) is 9.88 Å². The van der Waals surface area contributed by atoms with Gasteiger partial charge in [0.05, 0.1) is 17.5 Å². The average molecular weight is 519 g/mol. The zero-order chi connectivity index (χ0) is 26.8. The Labute approximate surface area is 219 Å². The van der Waals surface area contributed by atoms with Gasteiger partial charge in [-0.15, -0.1) is 0 Å². The predicted octanol–water partition coefficient (Wildman–Crippen LogP) is 5.72. The topological polar surface area (TPSA) is 69.6 Å². The minimum atomic E-state index is -0.957. The lowest BCUT2D eigenvalue weighted by Crippen LogP contribution is -2.24. The number of fused-ring (bicyclic) bond motifs is 1. The van der Waals surface area contributed by atoms with Crippen LogP contribution in [-0.4, -0.2) is 29.2 Å². The minimum absolute atomic E-state index is 0.000324. The summed E-state index contributed by atoms with van der Waals surface area (Å²) < 4.78 is 40.2. The quantitative estimate of drug-likeness (QED) is 0.303. The smallest absolute Gasteiger partial charge is 0.309 e. The van der Waals surface area contributed by atoms with Crippen LogP contribution in [0.5, 0.6) is 5.75 Å². The third-order valence-electron chi connectivity index (χ3n) is 6.60. The van der Waals surface area contributed by atoms with Crippen molar-refractivity contribution in [3.05, 3.63) is 101 Å². The molecule has 1 aliphatic rings. The number of hydrogen-bond acceptors (Lipinski definition) is 4. The van der Waals surface area contributed by atoms with Crippen molar-refractivity contribution in [3.63, 3.8) is 0 Å². The molecule has 8 heteroatoms. The van der Waals surface area contributed by atoms with Crippen LogP contribution in [0.15, 0.2) is 66.7 Å². The molecule has 0 radical (unpaired) electrons. The average Bonchev–Trinajstić information content (AvgIpc) is 3.45. The van der Waals surface area contributed by atoms with Gasteiger partial charge < -0.3 is 19.4 Å². The highest BCUT2D eigenvalue weighted by atomic mass is 19.2. The van der Waals surface area contributed by atoms with Gasteiger partial charge in [-0.05, 0) is 41.3 Å². The van der Waals surface area contributed by atoms with E-state index in [0.717, 1.165) is 34.3 Å². The highest BCUT2D eigenvalue weighted by molar-refractivity contribution is 6.09. The Morgan fingerprint density at radius 2 is 1.84 bits per heavy atom. The number of carbonyl (C=O) groups excluding carboxylic acids is 2. The summed E-state index contributed by atoms with van der Waals surface area (Å²) in [5, 5.41) is 3.63. The van der Waals surface area contributed by atoms with Crippen LogP contribution in [0.25, 0.3) is 10.9 Å². The maximum absolute atomic E-state index is 13.7. The van der Waals surface area contributed by atoms with Crippen LogP contribution in [-0.2, 0) is 22.6 Å². The van der Waals surface area contributed by atoms with Gasteiger partial charge in [0.15, 0.2) is 11.6 Å². The summed E-state index contributed by atoms with van der Waals surface area (Å²) in [5.74, 6) is -1.90. The number of carbonyl (C=O) groups is 2. The van der Waals surface area contributed by atoms with Crippen molar-refractivity contribution in [1.29, 1.82) is 0 Å². The lowest BCUT2D eigenvalue weighted by Gasteiger charge is -2.16. The highest BCUT2D eigenvalue weighted by Gasteiger charge is 2.28. The molecule has 1 unspecified atom stereocenters. The van der Waals surface area contributed by atoms with Crippen molar-refractivity contribution in [2.24, 2.45) is 0 Å². The first-order valence-corrected chi connectivity index (χ1v) is 12.5. The molecule has 0 aliphatic carbocycles. The SMILES string of the molecule is CC(C)c1c(C(=O)NCc2ccc(F)c(F)c2)c2ccc(OC3COC(=O)C3)cc2n1Cc1ccccc1. The van der Waals surface area contributed by atoms with E-state index < -0.39 is 11.6 Å². The molecule has 1 aliphatic heterocycles. The Bertz CT molecular complexity index is 1500. The van der Waals surface area contributed by atoms with Gasteiger partial charge in [0.25, 0.3) is 5.91 Å². The van der Waals surface area contributed by atoms with Gasteiger partial charge in [-0.2, -0.15) is 0 Å². The van der Waals surface area contributed by atoms with Crippen molar-refractivity contribution < 1.29 is 27.8 Å². The van der Waals surface area contributed by atoms with E-state index in [9.17, 15) is 18.4 Å². The van der Waals surface area contributed by atoms with Gasteiger partial charge in [-0.25, -0.2) is 8.78 Å². The number of nitrogens with zero attached hydrogens (tertiary/aromatic N) is 1. The molecule has 196 valence electrons. The number of ether oxygens (including phenoxy) is 2. The van der Waals surface area contributed by atoms with Gasteiger partial charge in [0.2, 0.25) is 0 Å². The van der Waals surface area contributed by atoms with Gasteiger partial charge in [0, 0.05) is 30.2 Å². The number of cyclic esters (lactones) is 1. The summed E-state index contributed by atoms with van der Waals surface area (Å²) in [6, 6.07) is 19.0. The second-order valence-electron chi connectivity index (χ2n) is 9.72. The van der Waals surface area contributed by atoms with Crippen molar-refractivity contribution in [1.82, 2.24) is 9.88 Å². The molecule has 5 rings (SSSR count). The van der Waals surface area contributed by atoms with Gasteiger partial charge in [0.1, 0.15) is 18.5 Å². The molecule has 1 fully saturated rings. The molecule has 0 spiro atoms. The number of halogens is 2. The van der Waals surface area contributed by atoms with Crippen molar-refractivity contribution in [2.45, 2.75) is 45.4 Å². The Balaban J connectivity index is 1.55. The molecular weight excluding hydrogens is 490 g/mol. The Kier molecular flexibility index (Phi) is 7.13. The summed E-state index contributed by atoms with van der Waals surface area (Å²) in [7, 11) is 0. The molecule has 1 atom stereocenters. The molecule has 1 saturated heterocycles. The molecule has 0 bridgehead atoms. The number of benzene rings is 3. The van der Waals surface area contributed by atoms with E-state index in [-0.39, 0.29) is 43.5 Å². The van der Waals surface area contributed by atoms with Gasteiger partial charge in [-0.3, -0.25) is 9.59 Å². The molecule has 6 nitrogen and oxygen atoms in total. The summed E-state index contributed by atoms with van der Waals surface area (Å²) in [6.07, 6.45) is -0.168. The summed E-state index contributed by atoms with van der Waals surface area (Å²) in [6.45, 7) is 4.85. The Morgan fingerprint density at radius 1 is 1.05 bits per heavy atom. The van der Waals surface area contributed by atoms with Gasteiger partial charge in [-0.1, -0.05) is 50.2 Å². The number of hydrogen-bond donors (Lipinski definition) is 1. The van der Waals surface area contributed by atoms with Crippen molar-refractivity contribution in [2.75, 3.05) is 6.61 Å². The maximum Gasteiger partial charge on any atom is 0.309 e. The molecule has 0 saturated carbocycles. The van der Waals surface area contributed by atoms with Crippen LogP contribution in [0.3, 0.4) is 0 Å². The monoisotopic (exact) mass is 518 g/mol. The van der Waals surface area contributed by atoms with Crippen molar-refractivity contribution >= 4 is 22.8 Å². The van der Waals surface area contributed by atoms with Crippen molar-refractivity contribution in [3.8, 4) is 5.75 Å². The zero-order valence-corrected chi connectivity index (χ0v) is 21.2. The van der Waals surface area contributed by atoms with E-state index in [0.29, 0.717) is 23.4 Å². The van der Waals surface area contributed by atoms with E-state index in [1.807, 2.05) is 56.3 Å². The van der Waals surface area contributed by atoms with E-state index in [1.165, 1.54) is 6.07 Å². The number of amides is 1. The summed E-state index contributed by atoms with van der Waals surface area (Å²) in [5.41, 5.74) is 3.72. The van der Waals surface area contributed by atoms with Crippen LogP contribution < -0.4 is 10.1 Å². The Morgan fingerprint density at radius 3 is 2.53 bits per heavy atom. The largest absolute Gasteiger partial charge is 0.486 e. The Hall–Kier alpha value is -4.20. The number of aromatic nitrogens is 1. The van der Waals surface area contributed by atoms with E-state index in [1.54, 1.807) is 6.07 Å². The molecule has 3 aromatic carbocycles. The number of esters is 1. The zero-order valence-electron chi connectivity index (χ0n) is 21.2. The molecular formula is C30H28F2N2O4. The second kappa shape index (κ2) is 10.7. The fourth-order valence-corrected chi connectivity index (χ4v) is 4.88. The van der Waals surface area contributed by atoms with Crippen LogP contribution in [0, 0.1) is 11.6 Å². The molecule has 4 aromatic rings.